The number of aliphatic hydroxyl groups excluding tert-OH is 3. The minimum absolute atomic E-state index is 0.175. The van der Waals surface area contributed by atoms with Gasteiger partial charge in [-0.25, -0.2) is 0 Å². The van der Waals surface area contributed by atoms with E-state index in [9.17, 15) is 15.3 Å². The third kappa shape index (κ3) is 4.15. The van der Waals surface area contributed by atoms with Gasteiger partial charge in [-0.1, -0.05) is 19.8 Å². The van der Waals surface area contributed by atoms with Crippen molar-refractivity contribution >= 4 is 0 Å². The monoisotopic (exact) mass is 264 g/mol. The van der Waals surface area contributed by atoms with Crippen LogP contribution < -0.4 is 0 Å². The van der Waals surface area contributed by atoms with Crippen molar-refractivity contribution in [3.63, 3.8) is 0 Å². The van der Waals surface area contributed by atoms with E-state index in [0.29, 0.717) is 6.61 Å². The Labute approximate surface area is 107 Å². The molecular formula is C12H24O6. The maximum absolute atomic E-state index is 9.75. The number of hydrogen-bond acceptors (Lipinski definition) is 6. The molecule has 0 aromatic carbocycles. The first-order chi connectivity index (χ1) is 8.61. The molecule has 6 nitrogen and oxygen atoms in total. The average molecular weight is 264 g/mol. The van der Waals surface area contributed by atoms with Crippen LogP contribution in [0.5, 0.6) is 0 Å². The summed E-state index contributed by atoms with van der Waals surface area (Å²) in [5.74, 6) is 0. The molecule has 1 rings (SSSR count). The van der Waals surface area contributed by atoms with Gasteiger partial charge in [-0.2, -0.15) is 0 Å². The highest BCUT2D eigenvalue weighted by atomic mass is 16.7. The minimum Gasteiger partial charge on any atom is -0.387 e. The summed E-state index contributed by atoms with van der Waals surface area (Å²) in [5, 5.41) is 29.0. The summed E-state index contributed by atoms with van der Waals surface area (Å²) in [5.41, 5.74) is 0. The quantitative estimate of drug-likeness (QED) is 0.545. The summed E-state index contributed by atoms with van der Waals surface area (Å²) >= 11 is 0. The highest BCUT2D eigenvalue weighted by molar-refractivity contribution is 4.88. The standard InChI is InChI=1S/C12H24O6/c1-3-4-5-6-17-7-8-9(13)10(14)11(15)12(16-2)18-8/h8-15H,3-7H2,1-2H3/t8?,9-,10?,11?,12+/m1/s1. The van der Waals surface area contributed by atoms with Crippen molar-refractivity contribution in [2.45, 2.75) is 56.9 Å². The second kappa shape index (κ2) is 8.04. The van der Waals surface area contributed by atoms with Gasteiger partial charge < -0.3 is 29.5 Å². The van der Waals surface area contributed by atoms with Gasteiger partial charge >= 0.3 is 0 Å². The third-order valence-electron chi connectivity index (χ3n) is 3.08. The van der Waals surface area contributed by atoms with E-state index in [2.05, 4.69) is 6.92 Å². The summed E-state index contributed by atoms with van der Waals surface area (Å²) < 4.78 is 15.6. The van der Waals surface area contributed by atoms with E-state index in [1.165, 1.54) is 7.11 Å². The molecule has 1 fully saturated rings. The van der Waals surface area contributed by atoms with E-state index in [0.717, 1.165) is 19.3 Å². The fourth-order valence-corrected chi connectivity index (χ4v) is 1.90. The van der Waals surface area contributed by atoms with E-state index in [-0.39, 0.29) is 6.61 Å². The Morgan fingerprint density at radius 3 is 2.39 bits per heavy atom. The van der Waals surface area contributed by atoms with Crippen LogP contribution in [0.4, 0.5) is 0 Å². The van der Waals surface area contributed by atoms with Gasteiger partial charge in [-0.05, 0) is 6.42 Å². The van der Waals surface area contributed by atoms with Gasteiger partial charge in [0.2, 0.25) is 0 Å². The van der Waals surface area contributed by atoms with E-state index in [1.54, 1.807) is 0 Å². The lowest BCUT2D eigenvalue weighted by molar-refractivity contribution is -0.296. The zero-order chi connectivity index (χ0) is 13.5. The van der Waals surface area contributed by atoms with E-state index in [1.807, 2.05) is 0 Å². The van der Waals surface area contributed by atoms with Crippen molar-refractivity contribution in [2.75, 3.05) is 20.3 Å². The van der Waals surface area contributed by atoms with Crippen molar-refractivity contribution in [3.8, 4) is 0 Å². The molecule has 0 aliphatic carbocycles. The molecule has 1 aliphatic heterocycles. The molecule has 6 heteroatoms. The number of rotatable bonds is 7. The van der Waals surface area contributed by atoms with Gasteiger partial charge in [0.15, 0.2) is 6.29 Å². The van der Waals surface area contributed by atoms with E-state index in [4.69, 9.17) is 14.2 Å². The number of methoxy groups -OCH3 is 1. The van der Waals surface area contributed by atoms with Crippen LogP contribution in [-0.2, 0) is 14.2 Å². The van der Waals surface area contributed by atoms with Crippen LogP contribution in [-0.4, -0.2) is 66.3 Å². The first-order valence-corrected chi connectivity index (χ1v) is 6.42. The van der Waals surface area contributed by atoms with Crippen LogP contribution >= 0.6 is 0 Å². The predicted octanol–water partition coefficient (Wildman–Crippen LogP) is -0.353. The van der Waals surface area contributed by atoms with Gasteiger partial charge in [0.1, 0.15) is 24.4 Å². The summed E-state index contributed by atoms with van der Waals surface area (Å²) in [4.78, 5) is 0. The van der Waals surface area contributed by atoms with Gasteiger partial charge in [-0.15, -0.1) is 0 Å². The Morgan fingerprint density at radius 2 is 1.78 bits per heavy atom. The Balaban J connectivity index is 2.35. The molecule has 3 N–H and O–H groups in total. The average Bonchev–Trinajstić information content (AvgIpc) is 2.38. The Bertz CT molecular complexity index is 223. The highest BCUT2D eigenvalue weighted by Crippen LogP contribution is 2.21. The van der Waals surface area contributed by atoms with Crippen LogP contribution in [0, 0.1) is 0 Å². The molecule has 0 aromatic heterocycles. The Hall–Kier alpha value is -0.240. The van der Waals surface area contributed by atoms with E-state index < -0.39 is 30.7 Å². The lowest BCUT2D eigenvalue weighted by Crippen LogP contribution is -2.59. The van der Waals surface area contributed by atoms with Crippen molar-refractivity contribution in [1.29, 1.82) is 0 Å². The van der Waals surface area contributed by atoms with Crippen molar-refractivity contribution < 1.29 is 29.5 Å². The fraction of sp³-hybridized carbons (Fsp3) is 1.00. The zero-order valence-electron chi connectivity index (χ0n) is 11.0. The predicted molar refractivity (Wildman–Crippen MR) is 64.0 cm³/mol. The molecule has 3 unspecified atom stereocenters. The number of ether oxygens (including phenoxy) is 3. The highest BCUT2D eigenvalue weighted by Gasteiger charge is 2.43. The second-order valence-corrected chi connectivity index (χ2v) is 4.53. The summed E-state index contributed by atoms with van der Waals surface area (Å²) in [6.07, 6.45) is -2.16. The number of hydrogen-bond donors (Lipinski definition) is 3. The molecule has 0 saturated carbocycles. The maximum Gasteiger partial charge on any atom is 0.186 e. The summed E-state index contributed by atoms with van der Waals surface area (Å²) in [6.45, 7) is 2.88. The first kappa shape index (κ1) is 15.8. The minimum atomic E-state index is -1.28. The molecule has 0 bridgehead atoms. The molecule has 18 heavy (non-hydrogen) atoms. The number of aliphatic hydroxyl groups is 3. The molecule has 1 saturated heterocycles. The lowest BCUT2D eigenvalue weighted by atomic mass is 9.99. The largest absolute Gasteiger partial charge is 0.387 e. The Kier molecular flexibility index (Phi) is 7.06. The Morgan fingerprint density at radius 1 is 1.06 bits per heavy atom. The van der Waals surface area contributed by atoms with Crippen LogP contribution in [0.3, 0.4) is 0 Å². The van der Waals surface area contributed by atoms with Crippen molar-refractivity contribution in [1.82, 2.24) is 0 Å². The zero-order valence-corrected chi connectivity index (χ0v) is 11.0. The molecule has 0 radical (unpaired) electrons. The molecule has 5 atom stereocenters. The van der Waals surface area contributed by atoms with Crippen molar-refractivity contribution in [2.24, 2.45) is 0 Å². The normalized spacial score (nSPS) is 36.8. The van der Waals surface area contributed by atoms with Gasteiger partial charge in [0.25, 0.3) is 0 Å². The molecule has 108 valence electrons. The SMILES string of the molecule is CCCCCOCC1O[C@H](OC)C(O)C(O)[C@@H]1O. The lowest BCUT2D eigenvalue weighted by Gasteiger charge is -2.39. The van der Waals surface area contributed by atoms with Crippen LogP contribution in [0.25, 0.3) is 0 Å². The molecule has 1 heterocycles. The third-order valence-corrected chi connectivity index (χ3v) is 3.08. The fourth-order valence-electron chi connectivity index (χ4n) is 1.90. The molecule has 0 spiro atoms. The van der Waals surface area contributed by atoms with E-state index >= 15 is 0 Å². The molecule has 0 aromatic rings. The summed E-state index contributed by atoms with van der Waals surface area (Å²) in [6, 6.07) is 0. The summed E-state index contributed by atoms with van der Waals surface area (Å²) in [7, 11) is 1.37. The second-order valence-electron chi connectivity index (χ2n) is 4.53. The van der Waals surface area contributed by atoms with Gasteiger partial charge in [-0.3, -0.25) is 0 Å². The van der Waals surface area contributed by atoms with Crippen LogP contribution in [0.15, 0.2) is 0 Å². The van der Waals surface area contributed by atoms with Gasteiger partial charge in [0.05, 0.1) is 6.61 Å². The molecule has 0 amide bonds. The van der Waals surface area contributed by atoms with Crippen LogP contribution in [0.1, 0.15) is 26.2 Å². The molecule has 1 aliphatic rings. The number of unbranched alkanes of at least 4 members (excludes halogenated alkanes) is 2. The molecular weight excluding hydrogens is 240 g/mol. The van der Waals surface area contributed by atoms with Crippen LogP contribution in [0.2, 0.25) is 0 Å². The van der Waals surface area contributed by atoms with Gasteiger partial charge in [0, 0.05) is 13.7 Å². The smallest absolute Gasteiger partial charge is 0.186 e. The first-order valence-electron chi connectivity index (χ1n) is 6.42. The maximum atomic E-state index is 9.75. The topological polar surface area (TPSA) is 88.4 Å². The van der Waals surface area contributed by atoms with Crippen molar-refractivity contribution in [3.05, 3.63) is 0 Å².